The molecule has 3 rings (SSSR count). The Labute approximate surface area is 143 Å². The minimum absolute atomic E-state index is 0.0126. The van der Waals surface area contributed by atoms with Crippen molar-refractivity contribution < 1.29 is 9.18 Å². The fraction of sp³-hybridized carbons (Fsp3) is 0.632. The van der Waals surface area contributed by atoms with Gasteiger partial charge in [0.15, 0.2) is 0 Å². The zero-order valence-corrected chi connectivity index (χ0v) is 14.4. The average molecular weight is 333 g/mol. The van der Waals surface area contributed by atoms with Gasteiger partial charge in [0.1, 0.15) is 5.82 Å². The molecule has 2 fully saturated rings. The van der Waals surface area contributed by atoms with Crippen LogP contribution in [0, 0.1) is 17.7 Å². The molecule has 2 amide bonds. The Morgan fingerprint density at radius 1 is 1.21 bits per heavy atom. The van der Waals surface area contributed by atoms with Gasteiger partial charge in [-0.3, -0.25) is 0 Å². The molecule has 0 aromatic heterocycles. The Morgan fingerprint density at radius 2 is 1.88 bits per heavy atom. The lowest BCUT2D eigenvalue weighted by Crippen LogP contribution is -2.43. The van der Waals surface area contributed by atoms with Crippen molar-refractivity contribution >= 4 is 6.03 Å². The predicted octanol–water partition coefficient (Wildman–Crippen LogP) is 3.31. The van der Waals surface area contributed by atoms with Crippen LogP contribution in [-0.4, -0.2) is 37.1 Å². The molecule has 1 atom stereocenters. The molecule has 1 aliphatic carbocycles. The molecule has 24 heavy (non-hydrogen) atoms. The number of carbonyl (C=O) groups excluding carboxylic acids is 1. The normalized spacial score (nSPS) is 20.6. The summed E-state index contributed by atoms with van der Waals surface area (Å²) >= 11 is 0. The summed E-state index contributed by atoms with van der Waals surface area (Å²) in [4.78, 5) is 14.6. The lowest BCUT2D eigenvalue weighted by Gasteiger charge is -2.30. The summed E-state index contributed by atoms with van der Waals surface area (Å²) in [5.41, 5.74) is 0.985. The molecule has 1 aliphatic heterocycles. The monoisotopic (exact) mass is 333 g/mol. The fourth-order valence-electron chi connectivity index (χ4n) is 3.38. The van der Waals surface area contributed by atoms with E-state index in [1.165, 1.54) is 25.0 Å². The van der Waals surface area contributed by atoms with Crippen molar-refractivity contribution in [2.24, 2.45) is 11.8 Å². The van der Waals surface area contributed by atoms with Gasteiger partial charge in [0.2, 0.25) is 0 Å². The van der Waals surface area contributed by atoms with E-state index in [9.17, 15) is 9.18 Å². The molecule has 4 nitrogen and oxygen atoms in total. The molecular formula is C19H28FN3O. The Kier molecular flexibility index (Phi) is 5.72. The highest BCUT2D eigenvalue weighted by Crippen LogP contribution is 2.40. The second-order valence-electron chi connectivity index (χ2n) is 7.29. The van der Waals surface area contributed by atoms with E-state index in [1.807, 2.05) is 0 Å². The Balaban J connectivity index is 1.43. The van der Waals surface area contributed by atoms with E-state index in [1.54, 1.807) is 12.1 Å². The van der Waals surface area contributed by atoms with E-state index >= 15 is 0 Å². The van der Waals surface area contributed by atoms with Crippen molar-refractivity contribution in [1.82, 2.24) is 15.5 Å². The van der Waals surface area contributed by atoms with Crippen LogP contribution in [0.1, 0.15) is 44.2 Å². The number of nitrogens with zero attached hydrogens (tertiary/aromatic N) is 1. The summed E-state index contributed by atoms with van der Waals surface area (Å²) in [6.07, 6.45) is 4.74. The summed E-state index contributed by atoms with van der Waals surface area (Å²) in [6.45, 7) is 6.14. The maximum Gasteiger partial charge on any atom is 0.315 e. The molecule has 1 aromatic rings. The number of amides is 2. The molecular weight excluding hydrogens is 305 g/mol. The van der Waals surface area contributed by atoms with Crippen LogP contribution in [0.3, 0.4) is 0 Å². The fourth-order valence-corrected chi connectivity index (χ4v) is 3.38. The zero-order valence-electron chi connectivity index (χ0n) is 14.4. The van der Waals surface area contributed by atoms with E-state index in [2.05, 4.69) is 22.5 Å². The number of carbonyl (C=O) groups is 1. The lowest BCUT2D eigenvalue weighted by molar-refractivity contribution is 0.191. The molecule has 2 aliphatic rings. The van der Waals surface area contributed by atoms with Crippen LogP contribution in [0.4, 0.5) is 9.18 Å². The minimum atomic E-state index is -0.242. The number of benzene rings is 1. The quantitative estimate of drug-likeness (QED) is 0.839. The molecule has 0 bridgehead atoms. The van der Waals surface area contributed by atoms with E-state index in [0.29, 0.717) is 12.5 Å². The summed E-state index contributed by atoms with van der Waals surface area (Å²) in [5, 5.41) is 6.04. The van der Waals surface area contributed by atoms with Gasteiger partial charge >= 0.3 is 6.03 Å². The number of likely N-dealkylation sites (tertiary alicyclic amines) is 1. The first-order valence-electron chi connectivity index (χ1n) is 9.14. The third kappa shape index (κ3) is 4.94. The molecule has 1 aromatic carbocycles. The average Bonchev–Trinajstić information content (AvgIpc) is 3.40. The van der Waals surface area contributed by atoms with Crippen LogP contribution in [0.5, 0.6) is 0 Å². The van der Waals surface area contributed by atoms with Crippen molar-refractivity contribution in [3.8, 4) is 0 Å². The smallest absolute Gasteiger partial charge is 0.315 e. The Morgan fingerprint density at radius 3 is 2.50 bits per heavy atom. The summed E-state index contributed by atoms with van der Waals surface area (Å²) < 4.78 is 13.1. The predicted molar refractivity (Wildman–Crippen MR) is 93.2 cm³/mol. The van der Waals surface area contributed by atoms with Crippen molar-refractivity contribution in [2.45, 2.75) is 38.6 Å². The maximum absolute atomic E-state index is 13.1. The van der Waals surface area contributed by atoms with E-state index < -0.39 is 0 Å². The Bertz CT molecular complexity index is 536. The number of hydrogen-bond donors (Lipinski definition) is 2. The SMILES string of the molecule is CC1CCN(CCNC(=O)NC(c2ccc(F)cc2)C2CC2)CC1. The maximum atomic E-state index is 13.1. The van der Waals surface area contributed by atoms with Crippen LogP contribution in [0.15, 0.2) is 24.3 Å². The molecule has 1 unspecified atom stereocenters. The molecule has 1 heterocycles. The van der Waals surface area contributed by atoms with Gasteiger partial charge in [-0.2, -0.15) is 0 Å². The van der Waals surface area contributed by atoms with Crippen molar-refractivity contribution in [3.63, 3.8) is 0 Å². The van der Waals surface area contributed by atoms with Crippen LogP contribution < -0.4 is 10.6 Å². The first-order valence-corrected chi connectivity index (χ1v) is 9.14. The molecule has 0 radical (unpaired) electrons. The van der Waals surface area contributed by atoms with Crippen LogP contribution in [0.2, 0.25) is 0 Å². The van der Waals surface area contributed by atoms with Gasteiger partial charge in [-0.15, -0.1) is 0 Å². The second-order valence-corrected chi connectivity index (χ2v) is 7.29. The van der Waals surface area contributed by atoms with Crippen molar-refractivity contribution in [3.05, 3.63) is 35.6 Å². The number of hydrogen-bond acceptors (Lipinski definition) is 2. The molecule has 0 spiro atoms. The minimum Gasteiger partial charge on any atom is -0.337 e. The standard InChI is InChI=1S/C19H28FN3O/c1-14-8-11-23(12-9-14)13-10-21-19(24)22-18(15-2-3-15)16-4-6-17(20)7-5-16/h4-7,14-15,18H,2-3,8-13H2,1H3,(H2,21,22,24). The van der Waals surface area contributed by atoms with Crippen molar-refractivity contribution in [1.29, 1.82) is 0 Å². The van der Waals surface area contributed by atoms with Gasteiger partial charge in [0.05, 0.1) is 6.04 Å². The first-order chi connectivity index (χ1) is 11.6. The van der Waals surface area contributed by atoms with Crippen LogP contribution in [-0.2, 0) is 0 Å². The largest absolute Gasteiger partial charge is 0.337 e. The van der Waals surface area contributed by atoms with Gasteiger partial charge in [0.25, 0.3) is 0 Å². The Hall–Kier alpha value is -1.62. The van der Waals surface area contributed by atoms with Gasteiger partial charge in [-0.05, 0) is 68.3 Å². The number of rotatable bonds is 6. The number of halogens is 1. The van der Waals surface area contributed by atoms with Crippen molar-refractivity contribution in [2.75, 3.05) is 26.2 Å². The van der Waals surface area contributed by atoms with Gasteiger partial charge in [0, 0.05) is 13.1 Å². The summed E-state index contributed by atoms with van der Waals surface area (Å²) in [7, 11) is 0. The van der Waals surface area contributed by atoms with E-state index in [-0.39, 0.29) is 17.9 Å². The second kappa shape index (κ2) is 7.97. The number of piperidine rings is 1. The molecule has 5 heteroatoms. The van der Waals surface area contributed by atoms with Gasteiger partial charge in [-0.1, -0.05) is 19.1 Å². The summed E-state index contributed by atoms with van der Waals surface area (Å²) in [6, 6.07) is 6.33. The highest BCUT2D eigenvalue weighted by molar-refractivity contribution is 5.74. The molecule has 132 valence electrons. The molecule has 1 saturated carbocycles. The molecule has 2 N–H and O–H groups in total. The van der Waals surface area contributed by atoms with E-state index in [4.69, 9.17) is 0 Å². The highest BCUT2D eigenvalue weighted by atomic mass is 19.1. The van der Waals surface area contributed by atoms with E-state index in [0.717, 1.165) is 44.0 Å². The third-order valence-corrected chi connectivity index (χ3v) is 5.20. The lowest BCUT2D eigenvalue weighted by atomic mass is 9.99. The third-order valence-electron chi connectivity index (χ3n) is 5.20. The molecule has 1 saturated heterocycles. The van der Waals surface area contributed by atoms with Crippen LogP contribution in [0.25, 0.3) is 0 Å². The zero-order chi connectivity index (χ0) is 16.9. The van der Waals surface area contributed by atoms with Gasteiger partial charge in [-0.25, -0.2) is 9.18 Å². The highest BCUT2D eigenvalue weighted by Gasteiger charge is 2.33. The number of nitrogens with one attached hydrogen (secondary N) is 2. The summed E-state index contributed by atoms with van der Waals surface area (Å²) in [5.74, 6) is 1.06. The van der Waals surface area contributed by atoms with Crippen LogP contribution >= 0.6 is 0 Å². The first kappa shape index (κ1) is 17.2. The van der Waals surface area contributed by atoms with Gasteiger partial charge < -0.3 is 15.5 Å². The number of urea groups is 1. The topological polar surface area (TPSA) is 44.4 Å².